The molecule has 2 aliphatic rings. The largest absolute Gasteiger partial charge is 0.384 e. The molecule has 0 bridgehead atoms. The van der Waals surface area contributed by atoms with Crippen molar-refractivity contribution in [2.24, 2.45) is 0 Å². The van der Waals surface area contributed by atoms with Crippen LogP contribution in [0.1, 0.15) is 40.4 Å². The van der Waals surface area contributed by atoms with Crippen LogP contribution in [-0.4, -0.2) is 21.5 Å². The molecule has 6 heteroatoms. The summed E-state index contributed by atoms with van der Waals surface area (Å²) in [6.07, 6.45) is 6.94. The van der Waals surface area contributed by atoms with E-state index in [1.807, 2.05) is 12.3 Å². The van der Waals surface area contributed by atoms with E-state index in [1.54, 1.807) is 6.20 Å². The molecule has 3 heterocycles. The first-order valence-corrected chi connectivity index (χ1v) is 10.1. The number of aromatic nitrogens is 3. The lowest BCUT2D eigenvalue weighted by molar-refractivity contribution is 0.821. The lowest BCUT2D eigenvalue weighted by Gasteiger charge is -2.16. The third-order valence-electron chi connectivity index (χ3n) is 5.35. The van der Waals surface area contributed by atoms with Crippen molar-refractivity contribution >= 4 is 27.6 Å². The number of nitrogens with zero attached hydrogens (tertiary/aromatic N) is 3. The van der Waals surface area contributed by atoms with Crippen molar-refractivity contribution in [2.75, 3.05) is 17.2 Å². The Hall–Kier alpha value is -2.47. The minimum atomic E-state index is 0.270. The minimum absolute atomic E-state index is 0.270. The van der Waals surface area contributed by atoms with Gasteiger partial charge in [0.25, 0.3) is 0 Å². The van der Waals surface area contributed by atoms with Crippen LogP contribution in [-0.2, 0) is 19.4 Å². The number of halogens is 1. The number of anilines is 2. The number of hydrogen-bond acceptors (Lipinski definition) is 5. The Kier molecular flexibility index (Phi) is 4.28. The number of fused-ring (bicyclic) bond motifs is 2. The first kappa shape index (κ1) is 16.7. The molecule has 5 nitrogen and oxygen atoms in total. The highest BCUT2D eigenvalue weighted by molar-refractivity contribution is 9.10. The third kappa shape index (κ3) is 3.18. The predicted molar refractivity (Wildman–Crippen MR) is 110 cm³/mol. The van der Waals surface area contributed by atoms with Crippen molar-refractivity contribution in [1.29, 1.82) is 0 Å². The second-order valence-electron chi connectivity index (χ2n) is 7.09. The van der Waals surface area contributed by atoms with Crippen LogP contribution in [0.5, 0.6) is 0 Å². The molecule has 3 aromatic rings. The molecule has 1 atom stereocenters. The summed E-state index contributed by atoms with van der Waals surface area (Å²) in [4.78, 5) is 13.9. The minimum Gasteiger partial charge on any atom is -0.384 e. The molecule has 2 aromatic heterocycles. The quantitative estimate of drug-likeness (QED) is 0.657. The fourth-order valence-corrected chi connectivity index (χ4v) is 4.44. The van der Waals surface area contributed by atoms with Crippen LogP contribution >= 0.6 is 15.9 Å². The van der Waals surface area contributed by atoms with Crippen molar-refractivity contribution in [3.8, 4) is 0 Å². The zero-order chi connectivity index (χ0) is 18.2. The third-order valence-corrected chi connectivity index (χ3v) is 5.85. The van der Waals surface area contributed by atoms with Crippen LogP contribution in [0, 0.1) is 0 Å². The molecule has 0 saturated heterocycles. The van der Waals surface area contributed by atoms with E-state index in [-0.39, 0.29) is 5.92 Å². The average Bonchev–Trinajstić information content (AvgIpc) is 3.33. The van der Waals surface area contributed by atoms with Crippen LogP contribution in [0.3, 0.4) is 0 Å². The van der Waals surface area contributed by atoms with Gasteiger partial charge in [0.1, 0.15) is 0 Å². The van der Waals surface area contributed by atoms with E-state index >= 15 is 0 Å². The summed E-state index contributed by atoms with van der Waals surface area (Å²) >= 11 is 3.61. The van der Waals surface area contributed by atoms with Crippen LogP contribution in [0.2, 0.25) is 0 Å². The highest BCUT2D eigenvalue weighted by Gasteiger charge is 2.30. The lowest BCUT2D eigenvalue weighted by Crippen LogP contribution is -2.14. The summed E-state index contributed by atoms with van der Waals surface area (Å²) in [5.41, 5.74) is 7.38. The summed E-state index contributed by atoms with van der Waals surface area (Å²) < 4.78 is 1.11. The SMILES string of the molecule is Brc1ccc2c(c1)C(c1nc(NCc3cccnc3)nc3c1CCC3)CN2. The Labute approximate surface area is 166 Å². The molecule has 1 aliphatic carbocycles. The van der Waals surface area contributed by atoms with E-state index in [4.69, 9.17) is 9.97 Å². The number of benzene rings is 1. The molecule has 0 amide bonds. The van der Waals surface area contributed by atoms with Crippen LogP contribution in [0.15, 0.2) is 47.2 Å². The zero-order valence-electron chi connectivity index (χ0n) is 14.9. The first-order valence-electron chi connectivity index (χ1n) is 9.34. The maximum Gasteiger partial charge on any atom is 0.223 e. The fourth-order valence-electron chi connectivity index (χ4n) is 4.06. The molecular formula is C21H20BrN5. The Morgan fingerprint density at radius 1 is 1.19 bits per heavy atom. The predicted octanol–water partition coefficient (Wildman–Crippen LogP) is 4.29. The van der Waals surface area contributed by atoms with Gasteiger partial charge in [-0.1, -0.05) is 22.0 Å². The summed E-state index contributed by atoms with van der Waals surface area (Å²) in [5, 5.41) is 6.93. The van der Waals surface area contributed by atoms with Crippen molar-refractivity contribution in [3.63, 3.8) is 0 Å². The van der Waals surface area contributed by atoms with E-state index in [1.165, 1.54) is 28.2 Å². The van der Waals surface area contributed by atoms with Gasteiger partial charge in [-0.15, -0.1) is 0 Å². The Morgan fingerprint density at radius 2 is 2.15 bits per heavy atom. The smallest absolute Gasteiger partial charge is 0.223 e. The fraction of sp³-hybridized carbons (Fsp3) is 0.286. The molecule has 5 rings (SSSR count). The summed E-state index contributed by atoms with van der Waals surface area (Å²) in [5.74, 6) is 0.990. The van der Waals surface area contributed by atoms with E-state index in [0.29, 0.717) is 6.54 Å². The number of nitrogens with one attached hydrogen (secondary N) is 2. The van der Waals surface area contributed by atoms with Crippen LogP contribution in [0.4, 0.5) is 11.6 Å². The van der Waals surface area contributed by atoms with Crippen molar-refractivity contribution < 1.29 is 0 Å². The molecule has 0 spiro atoms. The van der Waals surface area contributed by atoms with Gasteiger partial charge in [0, 0.05) is 47.3 Å². The maximum atomic E-state index is 4.97. The summed E-state index contributed by atoms with van der Waals surface area (Å²) in [6.45, 7) is 1.56. The van der Waals surface area contributed by atoms with Gasteiger partial charge in [-0.25, -0.2) is 9.97 Å². The zero-order valence-corrected chi connectivity index (χ0v) is 16.5. The van der Waals surface area contributed by atoms with Gasteiger partial charge in [-0.3, -0.25) is 4.98 Å². The first-order chi connectivity index (χ1) is 13.3. The topological polar surface area (TPSA) is 62.7 Å². The maximum absolute atomic E-state index is 4.97. The number of rotatable bonds is 4. The summed E-state index contributed by atoms with van der Waals surface area (Å²) in [6, 6.07) is 10.4. The number of hydrogen-bond donors (Lipinski definition) is 2. The summed E-state index contributed by atoms with van der Waals surface area (Å²) in [7, 11) is 0. The van der Waals surface area contributed by atoms with Gasteiger partial charge in [-0.2, -0.15) is 0 Å². The van der Waals surface area contributed by atoms with Crippen molar-refractivity contribution in [1.82, 2.24) is 15.0 Å². The van der Waals surface area contributed by atoms with Gasteiger partial charge < -0.3 is 10.6 Å². The Balaban J connectivity index is 1.50. The average molecular weight is 422 g/mol. The number of pyridine rings is 1. The second-order valence-corrected chi connectivity index (χ2v) is 8.01. The standard InChI is InChI=1S/C21H20BrN5/c22-14-6-7-18-16(9-14)17(12-24-18)20-15-4-1-5-19(15)26-21(27-20)25-11-13-3-2-8-23-10-13/h2-3,6-10,17,24H,1,4-5,11-12H2,(H,25,26,27). The molecule has 136 valence electrons. The lowest BCUT2D eigenvalue weighted by atomic mass is 9.94. The molecule has 1 aliphatic heterocycles. The van der Waals surface area contributed by atoms with Crippen molar-refractivity contribution in [3.05, 3.63) is 75.3 Å². The van der Waals surface area contributed by atoms with Gasteiger partial charge in [0.15, 0.2) is 0 Å². The van der Waals surface area contributed by atoms with Crippen molar-refractivity contribution in [2.45, 2.75) is 31.7 Å². The van der Waals surface area contributed by atoms with Crippen LogP contribution < -0.4 is 10.6 Å². The highest BCUT2D eigenvalue weighted by Crippen LogP contribution is 2.40. The van der Waals surface area contributed by atoms with E-state index < -0.39 is 0 Å². The van der Waals surface area contributed by atoms with Gasteiger partial charge in [0.05, 0.1) is 5.69 Å². The molecule has 27 heavy (non-hydrogen) atoms. The molecule has 0 radical (unpaired) electrons. The van der Waals surface area contributed by atoms with Gasteiger partial charge in [0.2, 0.25) is 5.95 Å². The molecule has 1 aromatic carbocycles. The molecule has 0 fully saturated rings. The van der Waals surface area contributed by atoms with Gasteiger partial charge in [-0.05, 0) is 60.2 Å². The van der Waals surface area contributed by atoms with Gasteiger partial charge >= 0.3 is 0 Å². The van der Waals surface area contributed by atoms with E-state index in [0.717, 1.165) is 41.8 Å². The molecule has 0 saturated carbocycles. The highest BCUT2D eigenvalue weighted by atomic mass is 79.9. The van der Waals surface area contributed by atoms with Crippen LogP contribution in [0.25, 0.3) is 0 Å². The molecule has 2 N–H and O–H groups in total. The molecule has 1 unspecified atom stereocenters. The Morgan fingerprint density at radius 3 is 3.04 bits per heavy atom. The van der Waals surface area contributed by atoms with E-state index in [9.17, 15) is 0 Å². The monoisotopic (exact) mass is 421 g/mol. The van der Waals surface area contributed by atoms with E-state index in [2.05, 4.69) is 55.8 Å². The second kappa shape index (κ2) is 6.93. The Bertz CT molecular complexity index is 989. The normalized spacial score (nSPS) is 17.3. The molecular weight excluding hydrogens is 402 g/mol. The number of aryl methyl sites for hydroxylation is 1.